The maximum Gasteiger partial charge on any atom is 0.433 e. The second-order valence-corrected chi connectivity index (χ2v) is 7.05. The smallest absolute Gasteiger partial charge is 0.407 e. The molecule has 15 heteroatoms. The third kappa shape index (κ3) is 7.14. The molecule has 0 fully saturated rings. The number of aliphatic imine (C=N–C) groups is 1. The lowest BCUT2D eigenvalue weighted by atomic mass is 10.1. The lowest BCUT2D eigenvalue weighted by molar-refractivity contribution is -0.146. The summed E-state index contributed by atoms with van der Waals surface area (Å²) in [6.45, 7) is -0.346. The second-order valence-electron chi connectivity index (χ2n) is 7.05. The van der Waals surface area contributed by atoms with Gasteiger partial charge in [0.1, 0.15) is 29.0 Å². The molecule has 0 aliphatic heterocycles. The lowest BCUT2D eigenvalue weighted by Gasteiger charge is -2.22. The normalized spacial score (nSPS) is 13.7. The average molecular weight is 523 g/mol. The lowest BCUT2D eigenvalue weighted by Crippen LogP contribution is -2.31. The molecule has 1 heterocycles. The SMILES string of the molecule is CNC(O)CN=C/C(=C\N)c1nc(C(F)(F)F)cc(C(F)(F)F)c1OC(=O)N(C)c1ccc(F)cc1. The highest BCUT2D eigenvalue weighted by Crippen LogP contribution is 2.43. The maximum absolute atomic E-state index is 13.8. The van der Waals surface area contributed by atoms with Crippen molar-refractivity contribution < 1.29 is 45.4 Å². The molecule has 36 heavy (non-hydrogen) atoms. The third-order valence-corrected chi connectivity index (χ3v) is 4.54. The number of anilines is 1. The van der Waals surface area contributed by atoms with Gasteiger partial charge in [-0.3, -0.25) is 15.2 Å². The molecule has 0 aliphatic rings. The Morgan fingerprint density at radius 2 is 1.83 bits per heavy atom. The Morgan fingerprint density at radius 3 is 2.33 bits per heavy atom. The number of pyridine rings is 1. The van der Waals surface area contributed by atoms with Crippen LogP contribution in [0.4, 0.5) is 41.2 Å². The van der Waals surface area contributed by atoms with Gasteiger partial charge in [0.2, 0.25) is 0 Å². The van der Waals surface area contributed by atoms with Gasteiger partial charge < -0.3 is 15.6 Å². The fourth-order valence-corrected chi connectivity index (χ4v) is 2.64. The molecule has 0 bridgehead atoms. The molecule has 2 rings (SSSR count). The molecule has 1 amide bonds. The molecule has 0 saturated heterocycles. The number of aromatic nitrogens is 1. The van der Waals surface area contributed by atoms with Crippen molar-refractivity contribution in [1.82, 2.24) is 10.3 Å². The van der Waals surface area contributed by atoms with Gasteiger partial charge in [-0.05, 0) is 37.4 Å². The van der Waals surface area contributed by atoms with E-state index < -0.39 is 58.8 Å². The Balaban J connectivity index is 2.67. The van der Waals surface area contributed by atoms with Gasteiger partial charge in [0.15, 0.2) is 5.75 Å². The number of carbonyl (C=O) groups is 1. The summed E-state index contributed by atoms with van der Waals surface area (Å²) in [6, 6.07) is 3.88. The minimum Gasteiger partial charge on any atom is -0.407 e. The van der Waals surface area contributed by atoms with Crippen molar-refractivity contribution in [2.24, 2.45) is 10.7 Å². The van der Waals surface area contributed by atoms with Crippen LogP contribution < -0.4 is 20.7 Å². The summed E-state index contributed by atoms with van der Waals surface area (Å²) in [7, 11) is 2.46. The molecule has 8 nitrogen and oxygen atoms in total. The number of benzene rings is 1. The Hall–Kier alpha value is -3.72. The number of carbonyl (C=O) groups excluding carboxylic acids is 1. The molecule has 196 valence electrons. The van der Waals surface area contributed by atoms with E-state index in [0.717, 1.165) is 37.5 Å². The summed E-state index contributed by atoms with van der Waals surface area (Å²) < 4.78 is 99.6. The third-order valence-electron chi connectivity index (χ3n) is 4.54. The monoisotopic (exact) mass is 523 g/mol. The predicted molar refractivity (Wildman–Crippen MR) is 116 cm³/mol. The number of ether oxygens (including phenoxy) is 1. The number of aliphatic hydroxyl groups excluding tert-OH is 1. The number of halogens is 7. The molecule has 1 aromatic carbocycles. The highest BCUT2D eigenvalue weighted by atomic mass is 19.4. The summed E-state index contributed by atoms with van der Waals surface area (Å²) in [5.41, 5.74) is -0.109. The van der Waals surface area contributed by atoms with Gasteiger partial charge in [-0.2, -0.15) is 26.3 Å². The molecule has 0 aliphatic carbocycles. The summed E-state index contributed by atoms with van der Waals surface area (Å²) >= 11 is 0. The van der Waals surface area contributed by atoms with Gasteiger partial charge in [-0.1, -0.05) is 0 Å². The zero-order valence-electron chi connectivity index (χ0n) is 18.7. The number of allylic oxidation sites excluding steroid dienone is 1. The molecule has 0 spiro atoms. The number of aliphatic hydroxyl groups is 1. The standard InChI is InChI=1S/C21H20F7N5O3/c1-30-16(34)10-31-9-11(8-29)17-18(14(20(23,24)25)7-15(32-17)21(26,27)28)36-19(35)33(2)13-5-3-12(22)4-6-13/h3-9,16,30,34H,10,29H2,1-2H3/b11-8+,31-9?. The predicted octanol–water partition coefficient (Wildman–Crippen LogP) is 3.80. The Morgan fingerprint density at radius 1 is 1.22 bits per heavy atom. The van der Waals surface area contributed by atoms with E-state index in [9.17, 15) is 40.6 Å². The van der Waals surface area contributed by atoms with E-state index in [-0.39, 0.29) is 18.3 Å². The van der Waals surface area contributed by atoms with Crippen molar-refractivity contribution in [3.8, 4) is 5.75 Å². The first-order valence-corrected chi connectivity index (χ1v) is 9.87. The number of rotatable bonds is 7. The van der Waals surface area contributed by atoms with Gasteiger partial charge in [0, 0.05) is 30.7 Å². The minimum atomic E-state index is -5.42. The fourth-order valence-electron chi connectivity index (χ4n) is 2.64. The molecule has 2 aromatic rings. The van der Waals surface area contributed by atoms with E-state index in [2.05, 4.69) is 15.3 Å². The van der Waals surface area contributed by atoms with Crippen molar-refractivity contribution >= 4 is 23.6 Å². The number of likely N-dealkylation sites (N-methyl/N-ethyl adjacent to an activating group) is 1. The van der Waals surface area contributed by atoms with Gasteiger partial charge in [-0.15, -0.1) is 0 Å². The molecule has 1 unspecified atom stereocenters. The molecule has 1 aromatic heterocycles. The largest absolute Gasteiger partial charge is 0.433 e. The summed E-state index contributed by atoms with van der Waals surface area (Å²) in [4.78, 5) is 20.3. The van der Waals surface area contributed by atoms with E-state index in [4.69, 9.17) is 10.5 Å². The molecule has 0 radical (unpaired) electrons. The van der Waals surface area contributed by atoms with E-state index in [1.165, 1.54) is 7.05 Å². The topological polar surface area (TPSA) is 113 Å². The van der Waals surface area contributed by atoms with Crippen molar-refractivity contribution in [1.29, 1.82) is 0 Å². The van der Waals surface area contributed by atoms with E-state index >= 15 is 0 Å². The Bertz CT molecular complexity index is 1130. The molecule has 4 N–H and O–H groups in total. The Kier molecular flexibility index (Phi) is 8.99. The first-order chi connectivity index (χ1) is 16.7. The van der Waals surface area contributed by atoms with Crippen LogP contribution in [-0.4, -0.2) is 49.3 Å². The Labute approximate surface area is 199 Å². The van der Waals surface area contributed by atoms with Crippen molar-refractivity contribution in [2.45, 2.75) is 18.6 Å². The number of nitrogens with zero attached hydrogens (tertiary/aromatic N) is 3. The van der Waals surface area contributed by atoms with Gasteiger partial charge in [0.25, 0.3) is 0 Å². The van der Waals surface area contributed by atoms with Gasteiger partial charge >= 0.3 is 18.4 Å². The molecular formula is C21H20F7N5O3. The number of hydrogen-bond acceptors (Lipinski definition) is 7. The molecule has 1 atom stereocenters. The second kappa shape index (κ2) is 11.3. The summed E-state index contributed by atoms with van der Waals surface area (Å²) in [5, 5.41) is 11.9. The van der Waals surface area contributed by atoms with Crippen LogP contribution in [0.3, 0.4) is 0 Å². The van der Waals surface area contributed by atoms with E-state index in [1.54, 1.807) is 0 Å². The van der Waals surface area contributed by atoms with Crippen LogP contribution >= 0.6 is 0 Å². The van der Waals surface area contributed by atoms with Gasteiger partial charge in [0.05, 0.1) is 6.54 Å². The average Bonchev–Trinajstić information content (AvgIpc) is 2.80. The van der Waals surface area contributed by atoms with Crippen LogP contribution in [0.5, 0.6) is 5.75 Å². The first-order valence-electron chi connectivity index (χ1n) is 9.87. The summed E-state index contributed by atoms with van der Waals surface area (Å²) in [5.74, 6) is -2.03. The number of amides is 1. The summed E-state index contributed by atoms with van der Waals surface area (Å²) in [6.07, 6.45) is -12.0. The zero-order chi connectivity index (χ0) is 27.3. The van der Waals surface area contributed by atoms with E-state index in [0.29, 0.717) is 11.1 Å². The van der Waals surface area contributed by atoms with Crippen LogP contribution in [0.25, 0.3) is 5.57 Å². The highest BCUT2D eigenvalue weighted by Gasteiger charge is 2.42. The number of alkyl halides is 6. The first kappa shape index (κ1) is 28.5. The van der Waals surface area contributed by atoms with Crippen LogP contribution in [0, 0.1) is 5.82 Å². The van der Waals surface area contributed by atoms with Crippen LogP contribution in [-0.2, 0) is 12.4 Å². The van der Waals surface area contributed by atoms with Crippen LogP contribution in [0.15, 0.2) is 41.5 Å². The van der Waals surface area contributed by atoms with E-state index in [1.807, 2.05) is 0 Å². The number of nitrogens with one attached hydrogen (secondary N) is 1. The van der Waals surface area contributed by atoms with Crippen molar-refractivity contribution in [3.05, 3.63) is 59.3 Å². The van der Waals surface area contributed by atoms with Crippen LogP contribution in [0.2, 0.25) is 0 Å². The van der Waals surface area contributed by atoms with Gasteiger partial charge in [-0.25, -0.2) is 14.2 Å². The fraction of sp³-hybridized carbons (Fsp3) is 0.286. The zero-order valence-corrected chi connectivity index (χ0v) is 18.7. The number of hydrogen-bond donors (Lipinski definition) is 3. The van der Waals surface area contributed by atoms with Crippen molar-refractivity contribution in [2.75, 3.05) is 25.5 Å². The maximum atomic E-state index is 13.8. The van der Waals surface area contributed by atoms with Crippen molar-refractivity contribution in [3.63, 3.8) is 0 Å². The highest BCUT2D eigenvalue weighted by molar-refractivity contribution is 6.10. The van der Waals surface area contributed by atoms with Crippen LogP contribution in [0.1, 0.15) is 17.0 Å². The number of nitrogens with two attached hydrogens (primary N) is 1. The molecular weight excluding hydrogens is 503 g/mol. The quantitative estimate of drug-likeness (QED) is 0.289. The molecule has 0 saturated carbocycles. The minimum absolute atomic E-state index is 0.00795.